The summed E-state index contributed by atoms with van der Waals surface area (Å²) in [6, 6.07) is 15.2. The van der Waals surface area contributed by atoms with Crippen LogP contribution in [-0.4, -0.2) is 5.71 Å². The van der Waals surface area contributed by atoms with E-state index in [0.717, 1.165) is 18.5 Å². The van der Waals surface area contributed by atoms with Gasteiger partial charge in [0.25, 0.3) is 0 Å². The maximum atomic E-state index is 4.77. The van der Waals surface area contributed by atoms with Gasteiger partial charge in [-0.15, -0.1) is 0 Å². The van der Waals surface area contributed by atoms with Gasteiger partial charge in [0.15, 0.2) is 0 Å². The predicted molar refractivity (Wildman–Crippen MR) is 86.0 cm³/mol. The van der Waals surface area contributed by atoms with Crippen LogP contribution in [0.15, 0.2) is 47.5 Å². The first kappa shape index (κ1) is 13.1. The molecule has 1 unspecified atom stereocenters. The van der Waals surface area contributed by atoms with Crippen molar-refractivity contribution in [1.29, 1.82) is 0 Å². The lowest BCUT2D eigenvalue weighted by atomic mass is 10.0. The standard InChI is InChI=1S/C19H21N/c1-13-5-4-6-18(9-13)20-19-12-17(19)11-16-8-7-14(2)15(3)10-16/h4-10,17H,11-12H2,1-3H3. The van der Waals surface area contributed by atoms with Gasteiger partial charge in [0.1, 0.15) is 0 Å². The largest absolute Gasteiger partial charge is 0.257 e. The van der Waals surface area contributed by atoms with E-state index in [2.05, 4.69) is 63.2 Å². The van der Waals surface area contributed by atoms with Crippen LogP contribution in [0.1, 0.15) is 28.7 Å². The molecule has 0 bridgehead atoms. The first-order valence-corrected chi connectivity index (χ1v) is 7.32. The van der Waals surface area contributed by atoms with Crippen molar-refractivity contribution in [1.82, 2.24) is 0 Å². The molecule has 2 aromatic rings. The average Bonchev–Trinajstić information content (AvgIpc) is 3.12. The Bertz CT molecular complexity index is 667. The quantitative estimate of drug-likeness (QED) is 0.743. The van der Waals surface area contributed by atoms with Gasteiger partial charge >= 0.3 is 0 Å². The Hall–Kier alpha value is -1.89. The van der Waals surface area contributed by atoms with Gasteiger partial charge in [0, 0.05) is 11.6 Å². The Morgan fingerprint density at radius 1 is 1.00 bits per heavy atom. The van der Waals surface area contributed by atoms with Crippen LogP contribution in [-0.2, 0) is 6.42 Å². The average molecular weight is 263 g/mol. The molecule has 1 fully saturated rings. The highest BCUT2D eigenvalue weighted by atomic mass is 14.8. The van der Waals surface area contributed by atoms with Crippen LogP contribution >= 0.6 is 0 Å². The second kappa shape index (κ2) is 5.24. The lowest BCUT2D eigenvalue weighted by molar-refractivity contribution is 0.873. The first-order chi connectivity index (χ1) is 9.61. The Labute approximate surface area is 121 Å². The van der Waals surface area contributed by atoms with E-state index < -0.39 is 0 Å². The molecule has 0 amide bonds. The maximum absolute atomic E-state index is 4.77. The molecule has 1 nitrogen and oxygen atoms in total. The van der Waals surface area contributed by atoms with Gasteiger partial charge in [-0.05, 0) is 68.0 Å². The summed E-state index contributed by atoms with van der Waals surface area (Å²) in [6.07, 6.45) is 2.28. The molecule has 1 saturated carbocycles. The number of benzene rings is 2. The summed E-state index contributed by atoms with van der Waals surface area (Å²) in [6.45, 7) is 6.47. The zero-order valence-electron chi connectivity index (χ0n) is 12.5. The molecular formula is C19H21N. The molecule has 0 aromatic heterocycles. The number of rotatable bonds is 3. The van der Waals surface area contributed by atoms with Gasteiger partial charge in [0.2, 0.25) is 0 Å². The number of hydrogen-bond donors (Lipinski definition) is 0. The lowest BCUT2D eigenvalue weighted by Crippen LogP contribution is -1.91. The van der Waals surface area contributed by atoms with Crippen molar-refractivity contribution in [2.45, 2.75) is 33.6 Å². The molecule has 102 valence electrons. The van der Waals surface area contributed by atoms with Gasteiger partial charge in [0.05, 0.1) is 5.69 Å². The minimum absolute atomic E-state index is 0.651. The van der Waals surface area contributed by atoms with Gasteiger partial charge in [-0.1, -0.05) is 30.3 Å². The summed E-state index contributed by atoms with van der Waals surface area (Å²) in [4.78, 5) is 4.77. The molecule has 3 rings (SSSR count). The lowest BCUT2D eigenvalue weighted by Gasteiger charge is -2.03. The monoisotopic (exact) mass is 263 g/mol. The Morgan fingerprint density at radius 3 is 2.60 bits per heavy atom. The van der Waals surface area contributed by atoms with Crippen molar-refractivity contribution >= 4 is 11.4 Å². The molecule has 1 aliphatic rings. The van der Waals surface area contributed by atoms with E-state index in [-0.39, 0.29) is 0 Å². The van der Waals surface area contributed by atoms with E-state index >= 15 is 0 Å². The normalized spacial score (nSPS) is 19.4. The summed E-state index contributed by atoms with van der Waals surface area (Å²) in [5.41, 5.74) is 7.93. The molecule has 1 atom stereocenters. The molecule has 1 aliphatic carbocycles. The number of hydrogen-bond acceptors (Lipinski definition) is 1. The van der Waals surface area contributed by atoms with E-state index in [0.29, 0.717) is 5.92 Å². The fourth-order valence-corrected chi connectivity index (χ4v) is 2.60. The van der Waals surface area contributed by atoms with E-state index in [1.54, 1.807) is 0 Å². The van der Waals surface area contributed by atoms with E-state index in [1.807, 2.05) is 0 Å². The molecule has 0 N–H and O–H groups in total. The van der Waals surface area contributed by atoms with Crippen LogP contribution in [0.3, 0.4) is 0 Å². The predicted octanol–water partition coefficient (Wildman–Crippen LogP) is 4.95. The topological polar surface area (TPSA) is 12.4 Å². The Morgan fingerprint density at radius 2 is 1.85 bits per heavy atom. The van der Waals surface area contributed by atoms with Crippen molar-refractivity contribution in [3.63, 3.8) is 0 Å². The third kappa shape index (κ3) is 2.98. The zero-order valence-corrected chi connectivity index (χ0v) is 12.5. The molecule has 0 heterocycles. The molecule has 0 spiro atoms. The zero-order chi connectivity index (χ0) is 14.1. The second-order valence-electron chi connectivity index (χ2n) is 5.97. The third-order valence-electron chi connectivity index (χ3n) is 4.09. The van der Waals surface area contributed by atoms with E-state index in [1.165, 1.54) is 28.0 Å². The van der Waals surface area contributed by atoms with Gasteiger partial charge < -0.3 is 0 Å². The van der Waals surface area contributed by atoms with E-state index in [4.69, 9.17) is 4.99 Å². The highest BCUT2D eigenvalue weighted by Crippen LogP contribution is 2.33. The summed E-state index contributed by atoms with van der Waals surface area (Å²) in [5, 5.41) is 0. The summed E-state index contributed by atoms with van der Waals surface area (Å²) >= 11 is 0. The number of nitrogens with zero attached hydrogens (tertiary/aromatic N) is 1. The first-order valence-electron chi connectivity index (χ1n) is 7.32. The van der Waals surface area contributed by atoms with Crippen molar-refractivity contribution in [3.05, 3.63) is 64.7 Å². The fraction of sp³-hybridized carbons (Fsp3) is 0.316. The van der Waals surface area contributed by atoms with Crippen LogP contribution in [0.4, 0.5) is 5.69 Å². The SMILES string of the molecule is Cc1cccc(N=C2CC2Cc2ccc(C)c(C)c2)c1. The minimum atomic E-state index is 0.651. The van der Waals surface area contributed by atoms with Crippen LogP contribution in [0, 0.1) is 26.7 Å². The van der Waals surface area contributed by atoms with Crippen molar-refractivity contribution in [3.8, 4) is 0 Å². The highest BCUT2D eigenvalue weighted by molar-refractivity contribution is 6.02. The molecule has 1 heteroatoms. The second-order valence-corrected chi connectivity index (χ2v) is 5.97. The third-order valence-corrected chi connectivity index (χ3v) is 4.09. The van der Waals surface area contributed by atoms with E-state index in [9.17, 15) is 0 Å². The molecule has 0 aliphatic heterocycles. The smallest absolute Gasteiger partial charge is 0.0631 e. The summed E-state index contributed by atoms with van der Waals surface area (Å²) in [5.74, 6) is 0.651. The maximum Gasteiger partial charge on any atom is 0.0631 e. The molecule has 0 radical (unpaired) electrons. The molecule has 20 heavy (non-hydrogen) atoms. The van der Waals surface area contributed by atoms with Gasteiger partial charge in [-0.25, -0.2) is 0 Å². The van der Waals surface area contributed by atoms with Crippen molar-refractivity contribution in [2.24, 2.45) is 10.9 Å². The molecular weight excluding hydrogens is 242 g/mol. The molecule has 0 saturated heterocycles. The van der Waals surface area contributed by atoms with Crippen molar-refractivity contribution < 1.29 is 0 Å². The van der Waals surface area contributed by atoms with Crippen LogP contribution in [0.2, 0.25) is 0 Å². The van der Waals surface area contributed by atoms with Gasteiger partial charge in [-0.2, -0.15) is 0 Å². The Kier molecular flexibility index (Phi) is 3.43. The minimum Gasteiger partial charge on any atom is -0.257 e. The number of aryl methyl sites for hydroxylation is 3. The van der Waals surface area contributed by atoms with Crippen LogP contribution in [0.25, 0.3) is 0 Å². The van der Waals surface area contributed by atoms with Gasteiger partial charge in [-0.3, -0.25) is 4.99 Å². The Balaban J connectivity index is 1.68. The number of aliphatic imine (C=N–C) groups is 1. The van der Waals surface area contributed by atoms with Crippen molar-refractivity contribution in [2.75, 3.05) is 0 Å². The van der Waals surface area contributed by atoms with Crippen LogP contribution < -0.4 is 0 Å². The van der Waals surface area contributed by atoms with Crippen LogP contribution in [0.5, 0.6) is 0 Å². The summed E-state index contributed by atoms with van der Waals surface area (Å²) in [7, 11) is 0. The highest BCUT2D eigenvalue weighted by Gasteiger charge is 2.31. The summed E-state index contributed by atoms with van der Waals surface area (Å²) < 4.78 is 0. The fourth-order valence-electron chi connectivity index (χ4n) is 2.60. The molecule has 2 aromatic carbocycles.